The molecule has 2 atom stereocenters. The average Bonchev–Trinajstić information content (AvgIpc) is 2.40. The van der Waals surface area contributed by atoms with Crippen LogP contribution in [0.15, 0.2) is 0 Å². The van der Waals surface area contributed by atoms with Gasteiger partial charge in [0.15, 0.2) is 0 Å². The summed E-state index contributed by atoms with van der Waals surface area (Å²) in [7, 11) is 0. The number of rotatable bonds is 11. The van der Waals surface area contributed by atoms with Gasteiger partial charge < -0.3 is 16.0 Å². The number of primary amides is 1. The van der Waals surface area contributed by atoms with Crippen molar-refractivity contribution in [1.29, 1.82) is 0 Å². The molecule has 0 spiro atoms. The van der Waals surface area contributed by atoms with Crippen LogP contribution in [0.1, 0.15) is 60.8 Å². The lowest BCUT2D eigenvalue weighted by molar-refractivity contribution is -0.124. The molecule has 2 unspecified atom stereocenters. The first kappa shape index (κ1) is 19.4. The predicted octanol–water partition coefficient (Wildman–Crippen LogP) is 2.38. The summed E-state index contributed by atoms with van der Waals surface area (Å²) >= 11 is 0. The molecule has 0 aromatic carbocycles. The molecule has 0 bridgehead atoms. The second kappa shape index (κ2) is 9.35. The van der Waals surface area contributed by atoms with Crippen LogP contribution in [-0.2, 0) is 4.79 Å². The fourth-order valence-electron chi connectivity index (χ4n) is 2.87. The first-order valence-electron chi connectivity index (χ1n) is 8.13. The SMILES string of the molecule is CCNC(C)(CC(C)N(CC)CC(CC)CC)C(N)=O. The molecule has 1 amide bonds. The van der Waals surface area contributed by atoms with Crippen LogP contribution < -0.4 is 11.1 Å². The number of amides is 1. The number of carbonyl (C=O) groups excluding carboxylic acids is 1. The molecule has 3 N–H and O–H groups in total. The maximum Gasteiger partial charge on any atom is 0.237 e. The number of nitrogens with two attached hydrogens (primary N) is 1. The molecule has 0 aromatic heterocycles. The van der Waals surface area contributed by atoms with E-state index in [1.807, 2.05) is 13.8 Å². The zero-order valence-electron chi connectivity index (χ0n) is 14.3. The largest absolute Gasteiger partial charge is 0.368 e. The number of carbonyl (C=O) groups is 1. The van der Waals surface area contributed by atoms with Crippen molar-refractivity contribution in [2.24, 2.45) is 11.7 Å². The van der Waals surface area contributed by atoms with Crippen molar-refractivity contribution in [3.05, 3.63) is 0 Å². The highest BCUT2D eigenvalue weighted by Gasteiger charge is 2.33. The zero-order valence-corrected chi connectivity index (χ0v) is 14.3. The van der Waals surface area contributed by atoms with E-state index in [-0.39, 0.29) is 5.91 Å². The summed E-state index contributed by atoms with van der Waals surface area (Å²) in [6.45, 7) is 15.7. The van der Waals surface area contributed by atoms with E-state index in [0.29, 0.717) is 6.04 Å². The highest BCUT2D eigenvalue weighted by molar-refractivity contribution is 5.84. The van der Waals surface area contributed by atoms with Crippen molar-refractivity contribution in [3.63, 3.8) is 0 Å². The van der Waals surface area contributed by atoms with Gasteiger partial charge in [-0.1, -0.05) is 40.5 Å². The van der Waals surface area contributed by atoms with Crippen LogP contribution >= 0.6 is 0 Å². The van der Waals surface area contributed by atoms with Gasteiger partial charge in [-0.2, -0.15) is 0 Å². The molecule has 0 aliphatic carbocycles. The van der Waals surface area contributed by atoms with Crippen molar-refractivity contribution < 1.29 is 4.79 Å². The van der Waals surface area contributed by atoms with Crippen LogP contribution in [0.3, 0.4) is 0 Å². The summed E-state index contributed by atoms with van der Waals surface area (Å²) in [6, 6.07) is 0.345. The number of nitrogens with one attached hydrogen (secondary N) is 1. The van der Waals surface area contributed by atoms with Crippen molar-refractivity contribution >= 4 is 5.91 Å². The van der Waals surface area contributed by atoms with Gasteiger partial charge in [0.2, 0.25) is 5.91 Å². The number of hydrogen-bond donors (Lipinski definition) is 2. The summed E-state index contributed by atoms with van der Waals surface area (Å²) in [5.74, 6) is 0.473. The Morgan fingerprint density at radius 2 is 1.80 bits per heavy atom. The third-order valence-corrected chi connectivity index (χ3v) is 4.49. The van der Waals surface area contributed by atoms with Crippen LogP contribution in [-0.4, -0.2) is 42.0 Å². The Bertz CT molecular complexity index is 279. The Hall–Kier alpha value is -0.610. The van der Waals surface area contributed by atoms with E-state index in [4.69, 9.17) is 5.73 Å². The van der Waals surface area contributed by atoms with Crippen molar-refractivity contribution in [2.75, 3.05) is 19.6 Å². The van der Waals surface area contributed by atoms with Crippen LogP contribution in [0, 0.1) is 5.92 Å². The van der Waals surface area contributed by atoms with E-state index in [1.165, 1.54) is 12.8 Å². The molecule has 0 aliphatic rings. The Morgan fingerprint density at radius 3 is 2.15 bits per heavy atom. The normalized spacial score (nSPS) is 16.4. The number of likely N-dealkylation sites (N-methyl/N-ethyl adjacent to an activating group) is 1. The summed E-state index contributed by atoms with van der Waals surface area (Å²) in [5, 5.41) is 3.25. The molecule has 0 aliphatic heterocycles. The molecule has 0 saturated heterocycles. The van der Waals surface area contributed by atoms with Crippen molar-refractivity contribution in [1.82, 2.24) is 10.2 Å². The zero-order chi connectivity index (χ0) is 15.8. The fraction of sp³-hybridized carbons (Fsp3) is 0.938. The first-order chi connectivity index (χ1) is 9.34. The molecule has 0 heterocycles. The molecule has 0 aromatic rings. The predicted molar refractivity (Wildman–Crippen MR) is 86.7 cm³/mol. The van der Waals surface area contributed by atoms with Crippen LogP contribution in [0.25, 0.3) is 0 Å². The lowest BCUT2D eigenvalue weighted by Gasteiger charge is -2.36. The molecule has 4 heteroatoms. The topological polar surface area (TPSA) is 58.4 Å². The summed E-state index contributed by atoms with van der Waals surface area (Å²) in [4.78, 5) is 14.2. The number of nitrogens with zero attached hydrogens (tertiary/aromatic N) is 1. The van der Waals surface area contributed by atoms with Crippen LogP contribution in [0.5, 0.6) is 0 Å². The highest BCUT2D eigenvalue weighted by atomic mass is 16.1. The Kier molecular flexibility index (Phi) is 9.06. The second-order valence-electron chi connectivity index (χ2n) is 6.05. The van der Waals surface area contributed by atoms with E-state index < -0.39 is 5.54 Å². The van der Waals surface area contributed by atoms with Gasteiger partial charge in [-0.3, -0.25) is 4.79 Å². The molecule has 120 valence electrons. The summed E-state index contributed by atoms with van der Waals surface area (Å²) < 4.78 is 0. The smallest absolute Gasteiger partial charge is 0.237 e. The van der Waals surface area contributed by atoms with E-state index in [1.54, 1.807) is 0 Å². The molecule has 0 radical (unpaired) electrons. The van der Waals surface area contributed by atoms with Gasteiger partial charge in [-0.15, -0.1) is 0 Å². The minimum absolute atomic E-state index is 0.259. The maximum absolute atomic E-state index is 11.7. The van der Waals surface area contributed by atoms with Gasteiger partial charge in [0.1, 0.15) is 0 Å². The van der Waals surface area contributed by atoms with E-state index in [2.05, 4.69) is 37.9 Å². The fourth-order valence-corrected chi connectivity index (χ4v) is 2.87. The van der Waals surface area contributed by atoms with Crippen molar-refractivity contribution in [3.8, 4) is 0 Å². The first-order valence-corrected chi connectivity index (χ1v) is 8.13. The Balaban J connectivity index is 4.74. The molecule has 0 saturated carbocycles. The van der Waals surface area contributed by atoms with Gasteiger partial charge in [0, 0.05) is 12.6 Å². The minimum Gasteiger partial charge on any atom is -0.368 e. The monoisotopic (exact) mass is 285 g/mol. The lowest BCUT2D eigenvalue weighted by Crippen LogP contribution is -2.56. The van der Waals surface area contributed by atoms with Gasteiger partial charge in [0.25, 0.3) is 0 Å². The highest BCUT2D eigenvalue weighted by Crippen LogP contribution is 2.19. The average molecular weight is 285 g/mol. The van der Waals surface area contributed by atoms with Gasteiger partial charge in [-0.05, 0) is 39.3 Å². The summed E-state index contributed by atoms with van der Waals surface area (Å²) in [6.07, 6.45) is 3.17. The third-order valence-electron chi connectivity index (χ3n) is 4.49. The van der Waals surface area contributed by atoms with E-state index >= 15 is 0 Å². The van der Waals surface area contributed by atoms with Gasteiger partial charge in [0.05, 0.1) is 5.54 Å². The standard InChI is InChI=1S/C16H35N3O/c1-7-14(8-2)12-19(10-4)13(5)11-16(6,15(17)20)18-9-3/h13-14,18H,7-12H2,1-6H3,(H2,17,20). The van der Waals surface area contributed by atoms with E-state index in [0.717, 1.165) is 32.0 Å². The number of hydrogen-bond acceptors (Lipinski definition) is 3. The molecule has 0 rings (SSSR count). The Labute approximate surface area is 125 Å². The van der Waals surface area contributed by atoms with Crippen LogP contribution in [0.4, 0.5) is 0 Å². The lowest BCUT2D eigenvalue weighted by atomic mass is 9.91. The Morgan fingerprint density at radius 1 is 1.25 bits per heavy atom. The van der Waals surface area contributed by atoms with Gasteiger partial charge >= 0.3 is 0 Å². The molecule has 0 fully saturated rings. The quantitative estimate of drug-likeness (QED) is 0.613. The minimum atomic E-state index is -0.616. The maximum atomic E-state index is 11.7. The molecular formula is C16H35N3O. The molecule has 20 heavy (non-hydrogen) atoms. The second-order valence-corrected chi connectivity index (χ2v) is 6.05. The van der Waals surface area contributed by atoms with Crippen molar-refractivity contribution in [2.45, 2.75) is 72.4 Å². The van der Waals surface area contributed by atoms with Crippen LogP contribution in [0.2, 0.25) is 0 Å². The third kappa shape index (κ3) is 5.80. The van der Waals surface area contributed by atoms with E-state index in [9.17, 15) is 4.79 Å². The summed E-state index contributed by atoms with van der Waals surface area (Å²) in [5.41, 5.74) is 4.97. The molecular weight excluding hydrogens is 250 g/mol. The van der Waals surface area contributed by atoms with Gasteiger partial charge in [-0.25, -0.2) is 0 Å². The molecule has 4 nitrogen and oxygen atoms in total.